The van der Waals surface area contributed by atoms with Crippen molar-refractivity contribution in [3.05, 3.63) is 0 Å². The third kappa shape index (κ3) is 7.79. The minimum Gasteiger partial charge on any atom is -0.469 e. The largest absolute Gasteiger partial charge is 0.469 e. The Bertz CT molecular complexity index is 414. The van der Waals surface area contributed by atoms with Crippen molar-refractivity contribution in [1.29, 1.82) is 0 Å². The van der Waals surface area contributed by atoms with Crippen LogP contribution in [0.1, 0.15) is 118 Å². The van der Waals surface area contributed by atoms with Gasteiger partial charge in [0.25, 0.3) is 0 Å². The van der Waals surface area contributed by atoms with Gasteiger partial charge in [-0.15, -0.1) is 0 Å². The van der Waals surface area contributed by atoms with Crippen molar-refractivity contribution in [3.63, 3.8) is 0 Å². The number of esters is 1. The number of ether oxygens (including phenoxy) is 1. The Morgan fingerprint density at radius 1 is 1.00 bits per heavy atom. The van der Waals surface area contributed by atoms with Crippen molar-refractivity contribution in [1.82, 2.24) is 0 Å². The van der Waals surface area contributed by atoms with Crippen LogP contribution < -0.4 is 0 Å². The molecule has 0 saturated heterocycles. The van der Waals surface area contributed by atoms with Crippen LogP contribution in [-0.4, -0.2) is 25.0 Å². The van der Waals surface area contributed by atoms with Gasteiger partial charge < -0.3 is 9.76 Å². The first kappa shape index (κ1) is 24.5. The molecule has 1 rings (SSSR count). The first-order valence-electron chi connectivity index (χ1n) is 11.5. The van der Waals surface area contributed by atoms with Crippen LogP contribution in [-0.2, 0) is 9.53 Å². The van der Waals surface area contributed by atoms with Crippen LogP contribution in [0.25, 0.3) is 0 Å². The van der Waals surface area contributed by atoms with E-state index in [1.165, 1.54) is 77.7 Å². The van der Waals surface area contributed by atoms with E-state index in [1.54, 1.807) is 0 Å². The molecule has 0 heterocycles. The number of rotatable bonds is 14. The van der Waals surface area contributed by atoms with Crippen molar-refractivity contribution in [2.45, 2.75) is 128 Å². The van der Waals surface area contributed by atoms with Gasteiger partial charge in [0.2, 0.25) is 0 Å². The summed E-state index contributed by atoms with van der Waals surface area (Å²) in [6.07, 6.45) is 16.5. The van der Waals surface area contributed by atoms with Crippen molar-refractivity contribution >= 4 is 12.9 Å². The normalized spacial score (nSPS) is 16.7. The van der Waals surface area contributed by atoms with E-state index < -0.39 is 0 Å². The molecule has 0 aromatic rings. The summed E-state index contributed by atoms with van der Waals surface area (Å²) in [6, 6.07) is 0. The molecule has 1 aliphatic carbocycles. The standard InChI is InChI=1S/C23H45BO3/c1-20(2)22(3,4)24(26)23(18-14-15-19-23)17-13-11-9-7-6-8-10-12-16-21(25)27-5/h20,26H,6-19H2,1-5H3. The average molecular weight is 380 g/mol. The van der Waals surface area contributed by atoms with E-state index in [0.717, 1.165) is 12.8 Å². The highest BCUT2D eigenvalue weighted by Gasteiger charge is 2.51. The fraction of sp³-hybridized carbons (Fsp3) is 0.957. The van der Waals surface area contributed by atoms with Gasteiger partial charge in [-0.05, 0) is 23.0 Å². The van der Waals surface area contributed by atoms with Crippen molar-refractivity contribution in [2.24, 2.45) is 5.92 Å². The van der Waals surface area contributed by atoms with E-state index >= 15 is 0 Å². The topological polar surface area (TPSA) is 46.5 Å². The second-order valence-corrected chi connectivity index (χ2v) is 9.85. The molecule has 27 heavy (non-hydrogen) atoms. The second-order valence-electron chi connectivity index (χ2n) is 9.85. The quantitative estimate of drug-likeness (QED) is 0.205. The Labute approximate surface area is 169 Å². The predicted octanol–water partition coefficient (Wildman–Crippen LogP) is 6.79. The molecule has 0 aromatic heterocycles. The lowest BCUT2D eigenvalue weighted by molar-refractivity contribution is -0.140. The minimum atomic E-state index is -0.178. The third-order valence-electron chi connectivity index (χ3n) is 7.41. The Balaban J connectivity index is 2.22. The van der Waals surface area contributed by atoms with Gasteiger partial charge in [0, 0.05) is 6.42 Å². The Morgan fingerprint density at radius 3 is 1.96 bits per heavy atom. The van der Waals surface area contributed by atoms with E-state index in [0.29, 0.717) is 12.3 Å². The average Bonchev–Trinajstić information content (AvgIpc) is 3.12. The summed E-state index contributed by atoms with van der Waals surface area (Å²) in [6.45, 7) is 8.82. The van der Waals surface area contributed by atoms with Crippen LogP contribution in [0.5, 0.6) is 0 Å². The van der Waals surface area contributed by atoms with Crippen molar-refractivity contribution in [3.8, 4) is 0 Å². The molecule has 0 spiro atoms. The van der Waals surface area contributed by atoms with Gasteiger partial charge in [0.05, 0.1) is 7.11 Å². The van der Waals surface area contributed by atoms with Gasteiger partial charge >= 0.3 is 12.9 Å². The highest BCUT2D eigenvalue weighted by molar-refractivity contribution is 6.58. The molecule has 0 unspecified atom stereocenters. The molecule has 1 fully saturated rings. The first-order chi connectivity index (χ1) is 12.8. The van der Waals surface area contributed by atoms with E-state index in [1.807, 2.05) is 0 Å². The summed E-state index contributed by atoms with van der Waals surface area (Å²) in [5.41, 5.74) is 0. The van der Waals surface area contributed by atoms with Gasteiger partial charge in [-0.3, -0.25) is 4.79 Å². The number of carbonyl (C=O) groups is 1. The van der Waals surface area contributed by atoms with Gasteiger partial charge in [-0.25, -0.2) is 0 Å². The summed E-state index contributed by atoms with van der Waals surface area (Å²) < 4.78 is 4.67. The minimum absolute atomic E-state index is 0.00542. The highest BCUT2D eigenvalue weighted by atomic mass is 16.5. The maximum atomic E-state index is 11.2. The molecule has 1 saturated carbocycles. The molecule has 0 radical (unpaired) electrons. The summed E-state index contributed by atoms with van der Waals surface area (Å²) in [5.74, 6) is 0.419. The lowest BCUT2D eigenvalue weighted by atomic mass is 9.30. The van der Waals surface area contributed by atoms with Crippen LogP contribution in [0.4, 0.5) is 0 Å². The lowest BCUT2D eigenvalue weighted by Crippen LogP contribution is -2.42. The van der Waals surface area contributed by atoms with Crippen molar-refractivity contribution in [2.75, 3.05) is 7.11 Å². The van der Waals surface area contributed by atoms with E-state index in [2.05, 4.69) is 32.4 Å². The molecular formula is C23H45BO3. The summed E-state index contributed by atoms with van der Waals surface area (Å²) >= 11 is 0. The number of carbonyl (C=O) groups excluding carboxylic acids is 1. The smallest absolute Gasteiger partial charge is 0.305 e. The third-order valence-corrected chi connectivity index (χ3v) is 7.41. The van der Waals surface area contributed by atoms with Crippen LogP contribution in [0.2, 0.25) is 10.6 Å². The molecule has 4 heteroatoms. The predicted molar refractivity (Wildman–Crippen MR) is 116 cm³/mol. The molecule has 0 aromatic carbocycles. The van der Waals surface area contributed by atoms with Gasteiger partial charge in [0.1, 0.15) is 0 Å². The molecular weight excluding hydrogens is 335 g/mol. The molecule has 0 atom stereocenters. The highest BCUT2D eigenvalue weighted by Crippen LogP contribution is 2.57. The van der Waals surface area contributed by atoms with Crippen LogP contribution in [0.3, 0.4) is 0 Å². The van der Waals surface area contributed by atoms with Crippen LogP contribution in [0, 0.1) is 5.92 Å². The second kappa shape index (κ2) is 12.1. The number of methoxy groups -OCH3 is 1. The van der Waals surface area contributed by atoms with E-state index in [4.69, 9.17) is 0 Å². The van der Waals surface area contributed by atoms with Crippen molar-refractivity contribution < 1.29 is 14.6 Å². The monoisotopic (exact) mass is 380 g/mol. The molecule has 158 valence electrons. The SMILES string of the molecule is COC(=O)CCCCCCCCCCC1(B(O)C(C)(C)C(C)C)CCCC1. The molecule has 3 nitrogen and oxygen atoms in total. The lowest BCUT2D eigenvalue weighted by Gasteiger charge is -2.43. The zero-order valence-electron chi connectivity index (χ0n) is 18.8. The van der Waals surface area contributed by atoms with Gasteiger partial charge in [-0.1, -0.05) is 105 Å². The Hall–Kier alpha value is -0.505. The zero-order chi connectivity index (χ0) is 20.3. The Kier molecular flexibility index (Phi) is 11.0. The molecule has 1 aliphatic rings. The first-order valence-corrected chi connectivity index (χ1v) is 11.5. The van der Waals surface area contributed by atoms with E-state index in [9.17, 15) is 9.82 Å². The maximum Gasteiger partial charge on any atom is 0.305 e. The van der Waals surface area contributed by atoms with Gasteiger partial charge in [-0.2, -0.15) is 0 Å². The summed E-state index contributed by atoms with van der Waals surface area (Å²) in [5, 5.41) is 11.4. The maximum absolute atomic E-state index is 11.2. The fourth-order valence-electron chi connectivity index (χ4n) is 4.75. The molecule has 0 aliphatic heterocycles. The summed E-state index contributed by atoms with van der Waals surface area (Å²) in [7, 11) is 1.46. The van der Waals surface area contributed by atoms with E-state index in [-0.39, 0.29) is 23.5 Å². The Morgan fingerprint density at radius 2 is 1.48 bits per heavy atom. The van der Waals surface area contributed by atoms with Crippen LogP contribution >= 0.6 is 0 Å². The molecule has 1 N–H and O–H groups in total. The number of hydrogen-bond acceptors (Lipinski definition) is 3. The van der Waals surface area contributed by atoms with Gasteiger partial charge in [0.15, 0.2) is 0 Å². The molecule has 0 bridgehead atoms. The van der Waals surface area contributed by atoms with Crippen LogP contribution in [0.15, 0.2) is 0 Å². The fourth-order valence-corrected chi connectivity index (χ4v) is 4.75. The number of unbranched alkanes of at least 4 members (excludes halogenated alkanes) is 7. The zero-order valence-corrected chi connectivity index (χ0v) is 18.8. The molecule has 0 amide bonds. The number of hydrogen-bond donors (Lipinski definition) is 1. The summed E-state index contributed by atoms with van der Waals surface area (Å²) in [4.78, 5) is 11.1.